The molecule has 2 aromatic rings. The van der Waals surface area contributed by atoms with Crippen molar-refractivity contribution >= 4 is 39.6 Å². The molecule has 8 nitrogen and oxygen atoms in total. The van der Waals surface area contributed by atoms with Crippen LogP contribution >= 0.6 is 22.6 Å². The number of aromatic nitrogens is 4. The van der Waals surface area contributed by atoms with E-state index in [-0.39, 0.29) is 24.5 Å². The fourth-order valence-corrected chi connectivity index (χ4v) is 4.15. The van der Waals surface area contributed by atoms with Crippen molar-refractivity contribution in [1.29, 1.82) is 0 Å². The topological polar surface area (TPSA) is 97.3 Å². The molecule has 0 aliphatic carbocycles. The molecule has 4 heterocycles. The van der Waals surface area contributed by atoms with Gasteiger partial charge in [0.25, 0.3) is 0 Å². The first-order valence-corrected chi connectivity index (χ1v) is 10.0. The molecule has 0 aromatic carbocycles. The second-order valence-corrected chi connectivity index (χ2v) is 7.98. The van der Waals surface area contributed by atoms with Crippen LogP contribution in [0.5, 0.6) is 0 Å². The lowest BCUT2D eigenvalue weighted by Crippen LogP contribution is -2.29. The summed E-state index contributed by atoms with van der Waals surface area (Å²) in [5.74, 6) is -0.260. The van der Waals surface area contributed by atoms with Crippen LogP contribution < -0.4 is 5.73 Å². The number of nitrogens with zero attached hydrogens (tertiary/aromatic N) is 4. The van der Waals surface area contributed by atoms with Gasteiger partial charge in [0, 0.05) is 0 Å². The fraction of sp³-hybridized carbons (Fsp3) is 0.688. The number of ether oxygens (including phenoxy) is 3. The van der Waals surface area contributed by atoms with Gasteiger partial charge in [-0.05, 0) is 31.1 Å². The third kappa shape index (κ3) is 3.11. The standard InChI is InChI=1S/C16H22IN5O3/c1-16(2)24-11-9(5-3-4-6-17)23-15(12(11)25-16)22-8-21-10-13(18)19-7-20-14(10)22/h7-9,11-12,15H,3-6H2,1-2H3,(H2,18,19,20)/t9-,11-,12-,15-/m1/s1. The first-order chi connectivity index (χ1) is 12.0. The summed E-state index contributed by atoms with van der Waals surface area (Å²) in [4.78, 5) is 12.7. The Morgan fingerprint density at radius 3 is 2.80 bits per heavy atom. The number of imidazole rings is 1. The lowest BCUT2D eigenvalue weighted by Gasteiger charge is -2.24. The zero-order chi connectivity index (χ0) is 17.6. The minimum absolute atomic E-state index is 0.00337. The minimum Gasteiger partial charge on any atom is -0.382 e. The summed E-state index contributed by atoms with van der Waals surface area (Å²) in [7, 11) is 0. The number of nitrogens with two attached hydrogens (primary N) is 1. The van der Waals surface area contributed by atoms with Gasteiger partial charge in [-0.2, -0.15) is 0 Å². The van der Waals surface area contributed by atoms with Gasteiger partial charge in [0.2, 0.25) is 0 Å². The van der Waals surface area contributed by atoms with Crippen molar-refractivity contribution in [3.8, 4) is 0 Å². The van der Waals surface area contributed by atoms with Gasteiger partial charge in [-0.1, -0.05) is 29.0 Å². The maximum absolute atomic E-state index is 6.33. The fourth-order valence-electron chi connectivity index (χ4n) is 3.61. The second kappa shape index (κ2) is 6.60. The highest BCUT2D eigenvalue weighted by atomic mass is 127. The molecule has 2 fully saturated rings. The Hall–Kier alpha value is -1.04. The van der Waals surface area contributed by atoms with Crippen molar-refractivity contribution in [3.63, 3.8) is 0 Å². The maximum Gasteiger partial charge on any atom is 0.167 e. The summed E-state index contributed by atoms with van der Waals surface area (Å²) in [6.45, 7) is 3.88. The van der Waals surface area contributed by atoms with Gasteiger partial charge >= 0.3 is 0 Å². The lowest BCUT2D eigenvalue weighted by atomic mass is 10.1. The quantitative estimate of drug-likeness (QED) is 0.417. The number of hydrogen-bond acceptors (Lipinski definition) is 7. The van der Waals surface area contributed by atoms with Crippen molar-refractivity contribution < 1.29 is 14.2 Å². The number of fused-ring (bicyclic) bond motifs is 2. The van der Waals surface area contributed by atoms with Gasteiger partial charge in [-0.15, -0.1) is 0 Å². The molecule has 25 heavy (non-hydrogen) atoms. The van der Waals surface area contributed by atoms with Gasteiger partial charge in [-0.25, -0.2) is 15.0 Å². The van der Waals surface area contributed by atoms with Crippen LogP contribution in [0.2, 0.25) is 0 Å². The molecule has 0 radical (unpaired) electrons. The summed E-state index contributed by atoms with van der Waals surface area (Å²) in [6.07, 6.45) is 5.72. The van der Waals surface area contributed by atoms with Crippen LogP contribution in [-0.4, -0.2) is 48.0 Å². The molecule has 2 aromatic heterocycles. The molecule has 2 N–H and O–H groups in total. The molecule has 0 amide bonds. The maximum atomic E-state index is 6.33. The number of hydrogen-bond donors (Lipinski definition) is 1. The number of rotatable bonds is 5. The van der Waals surface area contributed by atoms with Gasteiger partial charge in [0.15, 0.2) is 23.5 Å². The van der Waals surface area contributed by atoms with Crippen LogP contribution in [-0.2, 0) is 14.2 Å². The molecule has 9 heteroatoms. The second-order valence-electron chi connectivity index (χ2n) is 6.90. The summed E-state index contributed by atoms with van der Waals surface area (Å²) in [5, 5.41) is 0. The molecule has 0 saturated carbocycles. The number of alkyl halides is 1. The van der Waals surface area contributed by atoms with Crippen LogP contribution in [0, 0.1) is 0 Å². The smallest absolute Gasteiger partial charge is 0.167 e. The van der Waals surface area contributed by atoms with Crippen LogP contribution in [0.25, 0.3) is 11.2 Å². The van der Waals surface area contributed by atoms with Gasteiger partial charge < -0.3 is 19.9 Å². The normalized spacial score (nSPS) is 30.8. The first-order valence-electron chi connectivity index (χ1n) is 8.50. The van der Waals surface area contributed by atoms with E-state index in [0.29, 0.717) is 17.0 Å². The number of halogens is 1. The number of anilines is 1. The summed E-state index contributed by atoms with van der Waals surface area (Å²) < 4.78 is 21.7. The van der Waals surface area contributed by atoms with E-state index in [9.17, 15) is 0 Å². The molecule has 0 bridgehead atoms. The van der Waals surface area contributed by atoms with Crippen LogP contribution in [0.15, 0.2) is 12.7 Å². The predicted molar refractivity (Wildman–Crippen MR) is 100 cm³/mol. The van der Waals surface area contributed by atoms with E-state index in [1.165, 1.54) is 12.7 Å². The monoisotopic (exact) mass is 459 g/mol. The molecular weight excluding hydrogens is 437 g/mol. The minimum atomic E-state index is -0.622. The highest BCUT2D eigenvalue weighted by molar-refractivity contribution is 14.1. The predicted octanol–water partition coefficient (Wildman–Crippen LogP) is 2.43. The average molecular weight is 459 g/mol. The third-order valence-electron chi connectivity index (χ3n) is 4.66. The first kappa shape index (κ1) is 17.4. The molecular formula is C16H22IN5O3. The van der Waals surface area contributed by atoms with E-state index >= 15 is 0 Å². The summed E-state index contributed by atoms with van der Waals surface area (Å²) >= 11 is 2.40. The van der Waals surface area contributed by atoms with Crippen LogP contribution in [0.4, 0.5) is 5.82 Å². The largest absolute Gasteiger partial charge is 0.382 e. The summed E-state index contributed by atoms with van der Waals surface area (Å²) in [6, 6.07) is 0. The Balaban J connectivity index is 1.65. The van der Waals surface area contributed by atoms with Gasteiger partial charge in [0.05, 0.1) is 12.4 Å². The molecule has 4 atom stereocenters. The Morgan fingerprint density at radius 2 is 2.00 bits per heavy atom. The zero-order valence-corrected chi connectivity index (χ0v) is 16.4. The van der Waals surface area contributed by atoms with Crippen molar-refractivity contribution in [2.24, 2.45) is 0 Å². The number of unbranched alkanes of at least 4 members (excludes halogenated alkanes) is 1. The van der Waals surface area contributed by atoms with Crippen molar-refractivity contribution in [2.45, 2.75) is 63.4 Å². The van der Waals surface area contributed by atoms with E-state index in [0.717, 1.165) is 17.3 Å². The van der Waals surface area contributed by atoms with Crippen molar-refractivity contribution in [2.75, 3.05) is 10.2 Å². The Kier molecular flexibility index (Phi) is 4.59. The molecule has 136 valence electrons. The molecule has 0 unspecified atom stereocenters. The Bertz CT molecular complexity index is 767. The lowest BCUT2D eigenvalue weighted by molar-refractivity contribution is -0.197. The highest BCUT2D eigenvalue weighted by Crippen LogP contribution is 2.45. The average Bonchev–Trinajstić information content (AvgIpc) is 3.20. The zero-order valence-electron chi connectivity index (χ0n) is 14.3. The van der Waals surface area contributed by atoms with Crippen molar-refractivity contribution in [3.05, 3.63) is 12.7 Å². The van der Waals surface area contributed by atoms with E-state index in [1.54, 1.807) is 6.33 Å². The van der Waals surface area contributed by atoms with Gasteiger partial charge in [-0.3, -0.25) is 4.57 Å². The van der Waals surface area contributed by atoms with E-state index in [1.807, 2.05) is 18.4 Å². The molecule has 0 spiro atoms. The Labute approximate surface area is 159 Å². The van der Waals surface area contributed by atoms with Gasteiger partial charge in [0.1, 0.15) is 24.1 Å². The molecule has 2 aliphatic rings. The number of nitrogen functional groups attached to an aromatic ring is 1. The molecule has 2 aliphatic heterocycles. The SMILES string of the molecule is CC1(C)O[C@@H]2[C@H](O1)[C@@H](CCCCI)O[C@H]2n1cnc2c(N)ncnc21. The van der Waals surface area contributed by atoms with Crippen LogP contribution in [0.3, 0.4) is 0 Å². The highest BCUT2D eigenvalue weighted by Gasteiger charge is 2.55. The summed E-state index contributed by atoms with van der Waals surface area (Å²) in [5.41, 5.74) is 7.13. The van der Waals surface area contributed by atoms with E-state index in [2.05, 4.69) is 37.5 Å². The molecule has 2 saturated heterocycles. The van der Waals surface area contributed by atoms with Crippen molar-refractivity contribution in [1.82, 2.24) is 19.5 Å². The Morgan fingerprint density at radius 1 is 1.20 bits per heavy atom. The van der Waals surface area contributed by atoms with Crippen LogP contribution in [0.1, 0.15) is 39.3 Å². The van der Waals surface area contributed by atoms with E-state index in [4.69, 9.17) is 19.9 Å². The molecule has 4 rings (SSSR count). The third-order valence-corrected chi connectivity index (χ3v) is 5.42. The van der Waals surface area contributed by atoms with E-state index < -0.39 is 5.79 Å².